The van der Waals surface area contributed by atoms with Crippen molar-refractivity contribution in [2.45, 2.75) is 84.1 Å². The number of hydrogen-bond acceptors (Lipinski definition) is 5. The number of nitrogens with zero attached hydrogens (tertiary/aromatic N) is 3. The number of benzene rings is 1. The van der Waals surface area contributed by atoms with E-state index in [2.05, 4.69) is 39.3 Å². The molecule has 0 saturated carbocycles. The second-order valence-corrected chi connectivity index (χ2v) is 7.20. The first-order valence-corrected chi connectivity index (χ1v) is 10.6. The summed E-state index contributed by atoms with van der Waals surface area (Å²) in [5.74, 6) is 1.65. The predicted molar refractivity (Wildman–Crippen MR) is 114 cm³/mol. The fourth-order valence-corrected chi connectivity index (χ4v) is 3.18. The zero-order valence-electron chi connectivity index (χ0n) is 16.8. The molecule has 27 heavy (non-hydrogen) atoms. The molecule has 0 radical (unpaired) electrons. The zero-order chi connectivity index (χ0) is 19.2. The van der Waals surface area contributed by atoms with Gasteiger partial charge in [0.25, 0.3) is 0 Å². The molecular weight excluding hydrogens is 334 g/mol. The average molecular weight is 370 g/mol. The van der Waals surface area contributed by atoms with E-state index in [0.717, 1.165) is 18.7 Å². The molecule has 0 aliphatic carbocycles. The van der Waals surface area contributed by atoms with Crippen LogP contribution in [0.2, 0.25) is 0 Å². The molecule has 2 rings (SSSR count). The maximum atomic E-state index is 5.85. The monoisotopic (exact) mass is 369 g/mol. The Morgan fingerprint density at radius 3 is 2.07 bits per heavy atom. The third kappa shape index (κ3) is 9.36. The Bertz CT molecular complexity index is 630. The normalized spacial score (nSPS) is 10.9. The summed E-state index contributed by atoms with van der Waals surface area (Å²) in [6.45, 7) is 2.95. The Balaban J connectivity index is 1.62. The molecule has 0 atom stereocenters. The van der Waals surface area contributed by atoms with Gasteiger partial charge < -0.3 is 11.1 Å². The van der Waals surface area contributed by atoms with E-state index < -0.39 is 0 Å². The first kappa shape index (κ1) is 21.1. The van der Waals surface area contributed by atoms with Crippen molar-refractivity contribution in [2.75, 3.05) is 11.1 Å². The van der Waals surface area contributed by atoms with Crippen LogP contribution in [-0.4, -0.2) is 15.0 Å². The van der Waals surface area contributed by atoms with E-state index >= 15 is 0 Å². The van der Waals surface area contributed by atoms with Crippen molar-refractivity contribution in [3.63, 3.8) is 0 Å². The van der Waals surface area contributed by atoms with Crippen LogP contribution in [0.25, 0.3) is 0 Å². The molecule has 1 heterocycles. The molecule has 1 aromatic heterocycles. The molecule has 5 nitrogen and oxygen atoms in total. The third-order valence-electron chi connectivity index (χ3n) is 4.75. The van der Waals surface area contributed by atoms with Crippen molar-refractivity contribution >= 4 is 11.9 Å². The lowest BCUT2D eigenvalue weighted by atomic mass is 10.1. The minimum absolute atomic E-state index is 0.294. The van der Waals surface area contributed by atoms with Crippen LogP contribution in [0.1, 0.15) is 82.5 Å². The standard InChI is InChI=1S/C22H35N5/c1-2-3-4-5-6-7-8-9-10-14-17-20-25-21(23)27-22(26-20)24-18-19-15-12-11-13-16-19/h11-13,15-16H,2-10,14,17-18H2,1H3,(H3,23,24,25,26,27). The second kappa shape index (κ2) is 13.1. The largest absolute Gasteiger partial charge is 0.368 e. The van der Waals surface area contributed by atoms with Crippen LogP contribution in [0.5, 0.6) is 0 Å². The molecule has 1 aromatic carbocycles. The molecule has 2 aromatic rings. The zero-order valence-corrected chi connectivity index (χ0v) is 16.8. The van der Waals surface area contributed by atoms with E-state index in [1.165, 1.54) is 63.4 Å². The van der Waals surface area contributed by atoms with Crippen LogP contribution in [-0.2, 0) is 13.0 Å². The summed E-state index contributed by atoms with van der Waals surface area (Å²) in [5, 5.41) is 3.24. The van der Waals surface area contributed by atoms with Crippen molar-refractivity contribution in [1.82, 2.24) is 15.0 Å². The second-order valence-electron chi connectivity index (χ2n) is 7.20. The SMILES string of the molecule is CCCCCCCCCCCCc1nc(N)nc(NCc2ccccc2)n1. The van der Waals surface area contributed by atoms with Crippen LogP contribution in [0, 0.1) is 0 Å². The minimum Gasteiger partial charge on any atom is -0.368 e. The summed E-state index contributed by atoms with van der Waals surface area (Å²) in [6, 6.07) is 10.2. The predicted octanol–water partition coefficient (Wildman–Crippen LogP) is 5.53. The number of nitrogen functional groups attached to an aromatic ring is 1. The topological polar surface area (TPSA) is 76.7 Å². The maximum Gasteiger partial charge on any atom is 0.228 e. The highest BCUT2D eigenvalue weighted by Crippen LogP contribution is 2.12. The van der Waals surface area contributed by atoms with Crippen LogP contribution in [0.4, 0.5) is 11.9 Å². The van der Waals surface area contributed by atoms with Gasteiger partial charge in [0.15, 0.2) is 0 Å². The summed E-state index contributed by atoms with van der Waals surface area (Å²) >= 11 is 0. The van der Waals surface area contributed by atoms with Crippen molar-refractivity contribution in [3.8, 4) is 0 Å². The van der Waals surface area contributed by atoms with Crippen molar-refractivity contribution in [3.05, 3.63) is 41.7 Å². The van der Waals surface area contributed by atoms with Gasteiger partial charge in [0.05, 0.1) is 0 Å². The van der Waals surface area contributed by atoms with E-state index in [1.54, 1.807) is 0 Å². The third-order valence-corrected chi connectivity index (χ3v) is 4.75. The lowest BCUT2D eigenvalue weighted by molar-refractivity contribution is 0.554. The van der Waals surface area contributed by atoms with Crippen LogP contribution in [0.15, 0.2) is 30.3 Å². The summed E-state index contributed by atoms with van der Waals surface area (Å²) in [5.41, 5.74) is 7.03. The van der Waals surface area contributed by atoms with Gasteiger partial charge in [-0.3, -0.25) is 0 Å². The van der Waals surface area contributed by atoms with Gasteiger partial charge >= 0.3 is 0 Å². The quantitative estimate of drug-likeness (QED) is 0.428. The first-order valence-electron chi connectivity index (χ1n) is 10.6. The highest BCUT2D eigenvalue weighted by molar-refractivity contribution is 5.32. The summed E-state index contributed by atoms with van der Waals surface area (Å²) < 4.78 is 0. The molecule has 148 valence electrons. The Morgan fingerprint density at radius 2 is 1.41 bits per heavy atom. The number of unbranched alkanes of at least 4 members (excludes halogenated alkanes) is 9. The van der Waals surface area contributed by atoms with Crippen LogP contribution >= 0.6 is 0 Å². The smallest absolute Gasteiger partial charge is 0.228 e. The molecule has 5 heteroatoms. The first-order chi connectivity index (χ1) is 13.3. The van der Waals surface area contributed by atoms with E-state index in [-0.39, 0.29) is 0 Å². The number of aryl methyl sites for hydroxylation is 1. The number of anilines is 2. The van der Waals surface area contributed by atoms with Gasteiger partial charge in [-0.05, 0) is 12.0 Å². The Kier molecular flexibility index (Phi) is 10.2. The highest BCUT2D eigenvalue weighted by Gasteiger charge is 2.04. The number of nitrogens with one attached hydrogen (secondary N) is 1. The molecule has 0 amide bonds. The number of hydrogen-bond donors (Lipinski definition) is 2. The van der Waals surface area contributed by atoms with Crippen molar-refractivity contribution < 1.29 is 0 Å². The highest BCUT2D eigenvalue weighted by atomic mass is 15.2. The fraction of sp³-hybridized carbons (Fsp3) is 0.591. The van der Waals surface area contributed by atoms with E-state index in [4.69, 9.17) is 5.73 Å². The molecule has 0 aliphatic rings. The molecular formula is C22H35N5. The lowest BCUT2D eigenvalue weighted by Gasteiger charge is -2.07. The molecule has 3 N–H and O–H groups in total. The van der Waals surface area contributed by atoms with E-state index in [9.17, 15) is 0 Å². The molecule has 0 spiro atoms. The molecule has 0 unspecified atom stereocenters. The summed E-state index contributed by atoms with van der Waals surface area (Å²) in [6.07, 6.45) is 14.1. The van der Waals surface area contributed by atoms with Gasteiger partial charge in [0.1, 0.15) is 5.82 Å². The molecule has 0 aliphatic heterocycles. The Labute approximate surface area is 164 Å². The van der Waals surface area contributed by atoms with E-state index in [1.807, 2.05) is 18.2 Å². The number of aromatic nitrogens is 3. The lowest BCUT2D eigenvalue weighted by Crippen LogP contribution is -2.09. The van der Waals surface area contributed by atoms with Gasteiger partial charge in [-0.25, -0.2) is 0 Å². The fourth-order valence-electron chi connectivity index (χ4n) is 3.18. The Morgan fingerprint density at radius 1 is 0.778 bits per heavy atom. The van der Waals surface area contributed by atoms with Crippen molar-refractivity contribution in [1.29, 1.82) is 0 Å². The average Bonchev–Trinajstić information content (AvgIpc) is 2.68. The number of rotatable bonds is 14. The summed E-state index contributed by atoms with van der Waals surface area (Å²) in [4.78, 5) is 13.0. The van der Waals surface area contributed by atoms with Crippen molar-refractivity contribution in [2.24, 2.45) is 0 Å². The van der Waals surface area contributed by atoms with Crippen LogP contribution < -0.4 is 11.1 Å². The molecule has 0 bridgehead atoms. The van der Waals surface area contributed by atoms with Gasteiger partial charge in [-0.2, -0.15) is 15.0 Å². The minimum atomic E-state index is 0.294. The van der Waals surface area contributed by atoms with Gasteiger partial charge in [0.2, 0.25) is 11.9 Å². The number of nitrogens with two attached hydrogens (primary N) is 1. The van der Waals surface area contributed by atoms with Gasteiger partial charge in [-0.1, -0.05) is 95.0 Å². The van der Waals surface area contributed by atoms with Gasteiger partial charge in [0, 0.05) is 13.0 Å². The van der Waals surface area contributed by atoms with E-state index in [0.29, 0.717) is 18.4 Å². The summed E-state index contributed by atoms with van der Waals surface area (Å²) in [7, 11) is 0. The molecule has 0 saturated heterocycles. The van der Waals surface area contributed by atoms with Gasteiger partial charge in [-0.15, -0.1) is 0 Å². The maximum absolute atomic E-state index is 5.85. The molecule has 0 fully saturated rings. The van der Waals surface area contributed by atoms with Crippen LogP contribution in [0.3, 0.4) is 0 Å². The Hall–Kier alpha value is -2.17.